The number of nitrogens with two attached hydrogens (primary N) is 1. The van der Waals surface area contributed by atoms with Gasteiger partial charge in [-0.1, -0.05) is 60.7 Å². The Labute approximate surface area is 202 Å². The van der Waals surface area contributed by atoms with Gasteiger partial charge >= 0.3 is 0 Å². The number of aromatic hydroxyl groups is 1. The minimum Gasteiger partial charge on any atom is -0.493 e. The van der Waals surface area contributed by atoms with Gasteiger partial charge < -0.3 is 10.8 Å². The van der Waals surface area contributed by atoms with Crippen molar-refractivity contribution in [3.63, 3.8) is 0 Å². The minimum atomic E-state index is -0.0777. The Morgan fingerprint density at radius 3 is 2.15 bits per heavy atom. The lowest BCUT2D eigenvalue weighted by molar-refractivity contribution is 0.194. The lowest BCUT2D eigenvalue weighted by Gasteiger charge is -2.24. The number of nitrogens with zero attached hydrogens (tertiary/aromatic N) is 4. The van der Waals surface area contributed by atoms with Crippen LogP contribution < -0.4 is 5.73 Å². The van der Waals surface area contributed by atoms with Crippen molar-refractivity contribution >= 4 is 45.7 Å². The van der Waals surface area contributed by atoms with Crippen molar-refractivity contribution in [1.82, 2.24) is 9.47 Å². The molecular formula is C25H25N5OS2. The highest BCUT2D eigenvalue weighted by molar-refractivity contribution is 7.98. The van der Waals surface area contributed by atoms with Crippen LogP contribution in [0.2, 0.25) is 0 Å². The van der Waals surface area contributed by atoms with Crippen LogP contribution in [0.1, 0.15) is 11.1 Å². The average Bonchev–Trinajstić information content (AvgIpc) is 3.08. The third-order valence-electron chi connectivity index (χ3n) is 5.31. The SMILES string of the molecule is CSc1ccc2c(c1)c(N=NC(N)=S)c(O)n2CN(Cc1ccccc1)Cc1ccccc1. The van der Waals surface area contributed by atoms with E-state index in [0.717, 1.165) is 28.9 Å². The normalized spacial score (nSPS) is 11.6. The van der Waals surface area contributed by atoms with Crippen LogP contribution in [0.4, 0.5) is 5.69 Å². The van der Waals surface area contributed by atoms with E-state index < -0.39 is 0 Å². The zero-order chi connectivity index (χ0) is 23.2. The molecule has 8 heteroatoms. The zero-order valence-corrected chi connectivity index (χ0v) is 19.9. The van der Waals surface area contributed by atoms with Gasteiger partial charge in [-0.2, -0.15) is 0 Å². The summed E-state index contributed by atoms with van der Waals surface area (Å²) in [5, 5.41) is 19.9. The van der Waals surface area contributed by atoms with Gasteiger partial charge in [0.15, 0.2) is 5.69 Å². The van der Waals surface area contributed by atoms with E-state index in [1.165, 1.54) is 11.1 Å². The predicted octanol–water partition coefficient (Wildman–Crippen LogP) is 6.06. The molecule has 4 rings (SSSR count). The van der Waals surface area contributed by atoms with Crippen LogP contribution in [0.3, 0.4) is 0 Å². The van der Waals surface area contributed by atoms with Gasteiger partial charge in [-0.3, -0.25) is 9.47 Å². The molecule has 1 heterocycles. The van der Waals surface area contributed by atoms with Crippen LogP contribution in [-0.4, -0.2) is 25.9 Å². The molecule has 0 spiro atoms. The first-order valence-electron chi connectivity index (χ1n) is 10.5. The lowest BCUT2D eigenvalue weighted by Crippen LogP contribution is -2.25. The summed E-state index contributed by atoms with van der Waals surface area (Å²) in [5.74, 6) is 0.0365. The fraction of sp³-hybridized carbons (Fsp3) is 0.160. The van der Waals surface area contributed by atoms with Crippen molar-refractivity contribution in [3.8, 4) is 5.88 Å². The number of rotatable bonds is 8. The molecule has 0 bridgehead atoms. The summed E-state index contributed by atoms with van der Waals surface area (Å²) < 4.78 is 1.86. The van der Waals surface area contributed by atoms with Gasteiger partial charge in [0, 0.05) is 23.4 Å². The predicted molar refractivity (Wildman–Crippen MR) is 139 cm³/mol. The Morgan fingerprint density at radius 1 is 1.00 bits per heavy atom. The molecule has 0 atom stereocenters. The van der Waals surface area contributed by atoms with Crippen molar-refractivity contribution in [2.45, 2.75) is 24.7 Å². The van der Waals surface area contributed by atoms with Gasteiger partial charge in [-0.25, -0.2) is 0 Å². The number of hydrogen-bond donors (Lipinski definition) is 2. The van der Waals surface area contributed by atoms with Gasteiger partial charge in [-0.05, 0) is 47.8 Å². The number of azo groups is 1. The number of fused-ring (bicyclic) bond motifs is 1. The van der Waals surface area contributed by atoms with E-state index in [0.29, 0.717) is 12.4 Å². The molecule has 0 unspecified atom stereocenters. The molecule has 0 aliphatic heterocycles. The Kier molecular flexibility index (Phi) is 7.39. The van der Waals surface area contributed by atoms with Gasteiger partial charge in [0.05, 0.1) is 12.2 Å². The van der Waals surface area contributed by atoms with Gasteiger partial charge in [0.25, 0.3) is 0 Å². The molecule has 33 heavy (non-hydrogen) atoms. The highest BCUT2D eigenvalue weighted by Gasteiger charge is 2.20. The molecule has 0 fully saturated rings. The number of thiocarbonyl (C=S) groups is 1. The molecule has 4 aromatic rings. The molecule has 0 radical (unpaired) electrons. The van der Waals surface area contributed by atoms with Crippen molar-refractivity contribution in [2.24, 2.45) is 16.0 Å². The van der Waals surface area contributed by atoms with Crippen LogP contribution in [0, 0.1) is 0 Å². The van der Waals surface area contributed by atoms with Gasteiger partial charge in [0.2, 0.25) is 11.0 Å². The van der Waals surface area contributed by atoms with Crippen molar-refractivity contribution in [1.29, 1.82) is 0 Å². The number of benzene rings is 3. The quantitative estimate of drug-likeness (QED) is 0.184. The average molecular weight is 476 g/mol. The van der Waals surface area contributed by atoms with Crippen LogP contribution in [-0.2, 0) is 19.8 Å². The second kappa shape index (κ2) is 10.6. The smallest absolute Gasteiger partial charge is 0.221 e. The number of thioether (sulfide) groups is 1. The maximum Gasteiger partial charge on any atom is 0.221 e. The first-order chi connectivity index (χ1) is 16.0. The van der Waals surface area contributed by atoms with Crippen molar-refractivity contribution in [2.75, 3.05) is 6.26 Å². The monoisotopic (exact) mass is 475 g/mol. The van der Waals surface area contributed by atoms with Crippen LogP contribution in [0.15, 0.2) is 94.0 Å². The summed E-state index contributed by atoms with van der Waals surface area (Å²) >= 11 is 6.47. The Balaban J connectivity index is 1.75. The van der Waals surface area contributed by atoms with Crippen LogP contribution >= 0.6 is 24.0 Å². The summed E-state index contributed by atoms with van der Waals surface area (Å²) in [5.41, 5.74) is 9.15. The van der Waals surface area contributed by atoms with E-state index >= 15 is 0 Å². The van der Waals surface area contributed by atoms with E-state index in [9.17, 15) is 5.11 Å². The molecule has 3 N–H and O–H groups in total. The highest BCUT2D eigenvalue weighted by Crippen LogP contribution is 2.40. The summed E-state index contributed by atoms with van der Waals surface area (Å²) in [6.07, 6.45) is 2.01. The summed E-state index contributed by atoms with van der Waals surface area (Å²) in [6, 6.07) is 26.7. The topological polar surface area (TPSA) is 79.1 Å². The molecule has 0 saturated heterocycles. The molecule has 1 aromatic heterocycles. The second-order valence-corrected chi connectivity index (χ2v) is 8.92. The van der Waals surface area contributed by atoms with Crippen LogP contribution in [0.25, 0.3) is 10.9 Å². The first kappa shape index (κ1) is 23.0. The standard InChI is InChI=1S/C25H25N5OS2/c1-33-20-12-13-22-21(14-20)23(27-28-25(26)32)24(31)30(22)17-29(15-18-8-4-2-5-9-18)16-19-10-6-3-7-11-19/h2-14,31H,15-17H2,1H3,(H2,26,32). The van der Waals surface area contributed by atoms with E-state index in [-0.39, 0.29) is 11.0 Å². The number of hydrogen-bond acceptors (Lipinski definition) is 5. The van der Waals surface area contributed by atoms with E-state index in [2.05, 4.69) is 39.4 Å². The molecule has 168 valence electrons. The Hall–Kier alpha value is -3.20. The summed E-state index contributed by atoms with van der Waals surface area (Å²) in [4.78, 5) is 3.35. The number of aromatic nitrogens is 1. The maximum absolute atomic E-state index is 11.2. The summed E-state index contributed by atoms with van der Waals surface area (Å²) in [6.45, 7) is 1.91. The molecule has 0 aliphatic carbocycles. The maximum atomic E-state index is 11.2. The third kappa shape index (κ3) is 5.60. The molecule has 0 aliphatic rings. The zero-order valence-electron chi connectivity index (χ0n) is 18.3. The van der Waals surface area contributed by atoms with E-state index in [1.807, 2.05) is 65.4 Å². The molecule has 6 nitrogen and oxygen atoms in total. The van der Waals surface area contributed by atoms with E-state index in [4.69, 9.17) is 18.0 Å². The van der Waals surface area contributed by atoms with E-state index in [1.54, 1.807) is 11.8 Å². The second-order valence-electron chi connectivity index (χ2n) is 7.62. The van der Waals surface area contributed by atoms with Crippen molar-refractivity contribution in [3.05, 3.63) is 90.0 Å². The third-order valence-corrected chi connectivity index (χ3v) is 6.11. The van der Waals surface area contributed by atoms with Crippen molar-refractivity contribution < 1.29 is 5.11 Å². The van der Waals surface area contributed by atoms with Crippen LogP contribution in [0.5, 0.6) is 5.88 Å². The van der Waals surface area contributed by atoms with Gasteiger partial charge in [-0.15, -0.1) is 22.0 Å². The molecule has 3 aromatic carbocycles. The summed E-state index contributed by atoms with van der Waals surface area (Å²) in [7, 11) is 0. The Morgan fingerprint density at radius 2 is 1.61 bits per heavy atom. The lowest BCUT2D eigenvalue weighted by atomic mass is 10.2. The molecule has 0 amide bonds. The molecular weight excluding hydrogens is 450 g/mol. The fourth-order valence-electron chi connectivity index (χ4n) is 3.81. The minimum absolute atomic E-state index is 0.0365. The van der Waals surface area contributed by atoms with Gasteiger partial charge in [0.1, 0.15) is 0 Å². The largest absolute Gasteiger partial charge is 0.493 e. The first-order valence-corrected chi connectivity index (χ1v) is 12.1. The fourth-order valence-corrected chi connectivity index (χ4v) is 4.29. The molecule has 0 saturated carbocycles. The Bertz CT molecular complexity index is 1230. The highest BCUT2D eigenvalue weighted by atomic mass is 32.2.